The number of para-hydroxylation sites is 1. The van der Waals surface area contributed by atoms with Crippen molar-refractivity contribution >= 4 is 40.7 Å². The maximum absolute atomic E-state index is 13.3. The number of ether oxygens (including phenoxy) is 2. The molecule has 16 heteroatoms. The molecule has 12 nitrogen and oxygen atoms in total. The summed E-state index contributed by atoms with van der Waals surface area (Å²) in [4.78, 5) is 45.0. The molecule has 2 aromatic heterocycles. The SMILES string of the molecule is CCOC(=O)COc1nc2nc(N3CCNCC3)n(-c3ccccc3Cl)c2c(=O)n1C.O=C(O)C(F)(F)F. The number of carbonyl (C=O) groups excluding carboxylic acids is 1. The van der Waals surface area contributed by atoms with Crippen LogP contribution in [0, 0.1) is 0 Å². The van der Waals surface area contributed by atoms with Gasteiger partial charge in [-0.15, -0.1) is 0 Å². The molecule has 3 aromatic rings. The van der Waals surface area contributed by atoms with Crippen LogP contribution in [-0.2, 0) is 21.4 Å². The van der Waals surface area contributed by atoms with Gasteiger partial charge >= 0.3 is 24.1 Å². The Morgan fingerprint density at radius 2 is 1.82 bits per heavy atom. The van der Waals surface area contributed by atoms with Gasteiger partial charge in [0.25, 0.3) is 5.56 Å². The number of hydrogen-bond acceptors (Lipinski definition) is 9. The van der Waals surface area contributed by atoms with Crippen LogP contribution in [0.25, 0.3) is 16.9 Å². The van der Waals surface area contributed by atoms with E-state index in [1.165, 1.54) is 11.6 Å². The van der Waals surface area contributed by atoms with Gasteiger partial charge in [-0.2, -0.15) is 23.1 Å². The fourth-order valence-corrected chi connectivity index (χ4v) is 3.69. The van der Waals surface area contributed by atoms with E-state index in [1.807, 2.05) is 18.2 Å². The molecular weight excluding hydrogens is 537 g/mol. The van der Waals surface area contributed by atoms with Gasteiger partial charge in [-0.05, 0) is 19.1 Å². The molecule has 2 N–H and O–H groups in total. The number of rotatable bonds is 6. The lowest BCUT2D eigenvalue weighted by Gasteiger charge is -2.28. The van der Waals surface area contributed by atoms with Crippen LogP contribution in [0.2, 0.25) is 5.02 Å². The van der Waals surface area contributed by atoms with E-state index in [2.05, 4.69) is 20.2 Å². The van der Waals surface area contributed by atoms with E-state index >= 15 is 0 Å². The first-order valence-electron chi connectivity index (χ1n) is 11.2. The molecule has 0 aliphatic carbocycles. The van der Waals surface area contributed by atoms with Gasteiger partial charge in [-0.3, -0.25) is 13.9 Å². The van der Waals surface area contributed by atoms with Crippen molar-refractivity contribution in [1.29, 1.82) is 0 Å². The number of esters is 1. The average Bonchev–Trinajstić information content (AvgIpc) is 3.25. The highest BCUT2D eigenvalue weighted by Gasteiger charge is 2.38. The lowest BCUT2D eigenvalue weighted by Crippen LogP contribution is -2.44. The standard InChI is InChI=1S/C20H23ClN6O4.C2HF3O2/c1-3-30-15(28)12-31-20-24-17-16(18(29)25(20)2)27(14-7-5-4-6-13(14)21)19(23-17)26-10-8-22-9-11-26;3-2(4,5)1(6)7/h4-7,22H,3,8-12H2,1-2H3;(H,6,7). The Hall–Kier alpha value is -3.85. The fourth-order valence-electron chi connectivity index (χ4n) is 3.47. The van der Waals surface area contributed by atoms with Gasteiger partial charge in [0.2, 0.25) is 5.95 Å². The maximum atomic E-state index is 13.3. The monoisotopic (exact) mass is 560 g/mol. The van der Waals surface area contributed by atoms with Crippen LogP contribution >= 0.6 is 11.6 Å². The number of halogens is 4. The van der Waals surface area contributed by atoms with Gasteiger partial charge in [0, 0.05) is 33.2 Å². The third-order valence-electron chi connectivity index (χ3n) is 5.20. The molecule has 206 valence electrons. The summed E-state index contributed by atoms with van der Waals surface area (Å²) < 4.78 is 45.0. The minimum atomic E-state index is -5.08. The number of carboxylic acid groups (broad SMARTS) is 1. The molecule has 3 heterocycles. The topological polar surface area (TPSA) is 141 Å². The van der Waals surface area contributed by atoms with Crippen LogP contribution in [0.1, 0.15) is 6.92 Å². The number of anilines is 1. The molecule has 1 saturated heterocycles. The van der Waals surface area contributed by atoms with Gasteiger partial charge in [0.1, 0.15) is 0 Å². The number of alkyl halides is 3. The normalized spacial score (nSPS) is 13.6. The van der Waals surface area contributed by atoms with Crippen molar-refractivity contribution in [2.24, 2.45) is 7.05 Å². The number of carboxylic acids is 1. The van der Waals surface area contributed by atoms with Crippen LogP contribution in [0.5, 0.6) is 6.01 Å². The van der Waals surface area contributed by atoms with Gasteiger partial charge in [-0.1, -0.05) is 23.7 Å². The zero-order valence-corrected chi connectivity index (χ0v) is 21.0. The first-order valence-corrected chi connectivity index (χ1v) is 11.6. The molecule has 0 saturated carbocycles. The summed E-state index contributed by atoms with van der Waals surface area (Å²) in [5.74, 6) is -2.72. The van der Waals surface area contributed by atoms with Gasteiger partial charge in [0.15, 0.2) is 17.8 Å². The number of piperazine rings is 1. The number of benzene rings is 1. The minimum absolute atomic E-state index is 0.0128. The quantitative estimate of drug-likeness (QED) is 0.428. The van der Waals surface area contributed by atoms with E-state index in [-0.39, 0.29) is 35.9 Å². The highest BCUT2D eigenvalue weighted by molar-refractivity contribution is 6.32. The lowest BCUT2D eigenvalue weighted by molar-refractivity contribution is -0.192. The third kappa shape index (κ3) is 6.52. The largest absolute Gasteiger partial charge is 0.490 e. The predicted molar refractivity (Wildman–Crippen MR) is 130 cm³/mol. The highest BCUT2D eigenvalue weighted by Crippen LogP contribution is 2.30. The average molecular weight is 561 g/mol. The molecule has 0 radical (unpaired) electrons. The Bertz CT molecular complexity index is 1370. The zero-order chi connectivity index (χ0) is 28.0. The molecule has 0 amide bonds. The first-order chi connectivity index (χ1) is 18.0. The Morgan fingerprint density at radius 1 is 1.18 bits per heavy atom. The smallest absolute Gasteiger partial charge is 0.475 e. The molecule has 1 aromatic carbocycles. The van der Waals surface area contributed by atoms with E-state index < -0.39 is 18.1 Å². The van der Waals surface area contributed by atoms with Crippen molar-refractivity contribution in [3.05, 3.63) is 39.6 Å². The third-order valence-corrected chi connectivity index (χ3v) is 5.52. The number of aromatic nitrogens is 4. The van der Waals surface area contributed by atoms with Crippen LogP contribution in [0.4, 0.5) is 19.1 Å². The number of fused-ring (bicyclic) bond motifs is 1. The van der Waals surface area contributed by atoms with Crippen LogP contribution < -0.4 is 20.5 Å². The van der Waals surface area contributed by atoms with Crippen LogP contribution in [0.15, 0.2) is 29.1 Å². The van der Waals surface area contributed by atoms with E-state index in [4.69, 9.17) is 31.0 Å². The second-order valence-electron chi connectivity index (χ2n) is 7.76. The lowest BCUT2D eigenvalue weighted by atomic mass is 10.3. The maximum Gasteiger partial charge on any atom is 0.490 e. The first kappa shape index (κ1) is 28.7. The molecule has 0 unspecified atom stereocenters. The summed E-state index contributed by atoms with van der Waals surface area (Å²) >= 11 is 6.48. The Labute approximate surface area is 218 Å². The van der Waals surface area contributed by atoms with Gasteiger partial charge < -0.3 is 24.8 Å². The number of imidazole rings is 1. The van der Waals surface area contributed by atoms with E-state index in [0.717, 1.165) is 26.2 Å². The minimum Gasteiger partial charge on any atom is -0.475 e. The van der Waals surface area contributed by atoms with Crippen molar-refractivity contribution in [3.8, 4) is 11.7 Å². The van der Waals surface area contributed by atoms with E-state index in [9.17, 15) is 22.8 Å². The Kier molecular flexibility index (Phi) is 9.17. The number of hydrogen-bond donors (Lipinski definition) is 2. The van der Waals surface area contributed by atoms with Gasteiger partial charge in [-0.25, -0.2) is 9.59 Å². The molecule has 38 heavy (non-hydrogen) atoms. The summed E-state index contributed by atoms with van der Waals surface area (Å²) in [6, 6.07) is 7.26. The molecule has 0 spiro atoms. The number of nitrogens with one attached hydrogen (secondary N) is 1. The van der Waals surface area contributed by atoms with Crippen molar-refractivity contribution in [3.63, 3.8) is 0 Å². The van der Waals surface area contributed by atoms with Crippen molar-refractivity contribution in [1.82, 2.24) is 24.4 Å². The van der Waals surface area contributed by atoms with Crippen molar-refractivity contribution < 1.29 is 37.3 Å². The zero-order valence-electron chi connectivity index (χ0n) is 20.3. The molecule has 1 aliphatic rings. The summed E-state index contributed by atoms with van der Waals surface area (Å²) in [6.45, 7) is 4.63. The Balaban J connectivity index is 0.000000505. The second kappa shape index (κ2) is 12.1. The molecule has 4 rings (SSSR count). The summed E-state index contributed by atoms with van der Waals surface area (Å²) in [6.07, 6.45) is -5.08. The molecule has 1 aliphatic heterocycles. The van der Waals surface area contributed by atoms with E-state index in [0.29, 0.717) is 16.7 Å². The molecule has 0 atom stereocenters. The number of nitrogens with zero attached hydrogens (tertiary/aromatic N) is 5. The number of carbonyl (C=O) groups is 2. The van der Waals surface area contributed by atoms with E-state index in [1.54, 1.807) is 17.6 Å². The Morgan fingerprint density at radius 3 is 2.39 bits per heavy atom. The van der Waals surface area contributed by atoms with Crippen LogP contribution in [-0.4, -0.2) is 81.7 Å². The summed E-state index contributed by atoms with van der Waals surface area (Å²) in [7, 11) is 1.53. The fraction of sp³-hybridized carbons (Fsp3) is 0.409. The molecular formula is C22H24ClF3N6O6. The summed E-state index contributed by atoms with van der Waals surface area (Å²) in [5, 5.41) is 10.9. The van der Waals surface area contributed by atoms with Crippen LogP contribution in [0.3, 0.4) is 0 Å². The van der Waals surface area contributed by atoms with Crippen molar-refractivity contribution in [2.75, 3.05) is 44.3 Å². The highest BCUT2D eigenvalue weighted by atomic mass is 35.5. The van der Waals surface area contributed by atoms with Gasteiger partial charge in [0.05, 0.1) is 17.3 Å². The second-order valence-corrected chi connectivity index (χ2v) is 8.17. The predicted octanol–water partition coefficient (Wildman–Crippen LogP) is 1.76. The molecule has 1 fully saturated rings. The summed E-state index contributed by atoms with van der Waals surface area (Å²) in [5.41, 5.74) is 0.778. The molecule has 0 bridgehead atoms. The number of aliphatic carboxylic acids is 1. The van der Waals surface area contributed by atoms with Crippen molar-refractivity contribution in [2.45, 2.75) is 13.1 Å².